The summed E-state index contributed by atoms with van der Waals surface area (Å²) in [6, 6.07) is 7.81. The summed E-state index contributed by atoms with van der Waals surface area (Å²) in [5.74, 6) is -0.927. The number of benzene rings is 1. The van der Waals surface area contributed by atoms with Gasteiger partial charge in [0.2, 0.25) is 0 Å². The number of likely N-dealkylation sites (N-methyl/N-ethyl adjacent to an activating group) is 1. The van der Waals surface area contributed by atoms with Crippen molar-refractivity contribution in [2.75, 3.05) is 13.6 Å². The zero-order valence-corrected chi connectivity index (χ0v) is 10.7. The lowest BCUT2D eigenvalue weighted by atomic mass is 10.1. The second-order valence-corrected chi connectivity index (χ2v) is 4.28. The lowest BCUT2D eigenvalue weighted by Gasteiger charge is -2.24. The van der Waals surface area contributed by atoms with Gasteiger partial charge >= 0.3 is 5.97 Å². The first-order valence-electron chi connectivity index (χ1n) is 5.36. The molecule has 0 saturated carbocycles. The molecule has 0 bridgehead atoms. The van der Waals surface area contributed by atoms with Crippen LogP contribution in [0.1, 0.15) is 18.5 Å². The summed E-state index contributed by atoms with van der Waals surface area (Å²) in [7, 11) is 1.93. The topological polar surface area (TPSA) is 40.5 Å². The molecule has 1 aromatic carbocycles. The Hall–Kier alpha value is -1.32. The van der Waals surface area contributed by atoms with Crippen LogP contribution in [0.15, 0.2) is 36.4 Å². The molecule has 17 heavy (non-hydrogen) atoms. The van der Waals surface area contributed by atoms with Gasteiger partial charge in [-0.2, -0.15) is 0 Å². The van der Waals surface area contributed by atoms with E-state index in [1.54, 1.807) is 6.08 Å². The Morgan fingerprint density at radius 1 is 1.53 bits per heavy atom. The van der Waals surface area contributed by atoms with Crippen molar-refractivity contribution >= 4 is 17.6 Å². The summed E-state index contributed by atoms with van der Waals surface area (Å²) in [5.41, 5.74) is 1.04. The molecule has 0 heterocycles. The van der Waals surface area contributed by atoms with Crippen LogP contribution in [0.3, 0.4) is 0 Å². The Morgan fingerprint density at radius 2 is 2.18 bits per heavy atom. The van der Waals surface area contributed by atoms with Gasteiger partial charge in [0.25, 0.3) is 0 Å². The summed E-state index contributed by atoms with van der Waals surface area (Å²) in [5, 5.41) is 9.23. The molecule has 1 unspecified atom stereocenters. The van der Waals surface area contributed by atoms with Crippen molar-refractivity contribution in [1.82, 2.24) is 4.90 Å². The molecule has 0 aliphatic rings. The van der Waals surface area contributed by atoms with Crippen molar-refractivity contribution < 1.29 is 9.90 Å². The summed E-state index contributed by atoms with van der Waals surface area (Å²) < 4.78 is 0. The number of halogens is 1. The van der Waals surface area contributed by atoms with Crippen LogP contribution in [0.25, 0.3) is 0 Å². The minimum absolute atomic E-state index is 0.141. The van der Waals surface area contributed by atoms with Crippen LogP contribution in [-0.2, 0) is 4.79 Å². The van der Waals surface area contributed by atoms with Crippen LogP contribution in [-0.4, -0.2) is 29.6 Å². The third-order valence-corrected chi connectivity index (χ3v) is 3.01. The van der Waals surface area contributed by atoms with Gasteiger partial charge in [0, 0.05) is 23.7 Å². The van der Waals surface area contributed by atoms with Crippen molar-refractivity contribution in [3.63, 3.8) is 0 Å². The number of rotatable bonds is 5. The molecule has 3 nitrogen and oxygen atoms in total. The summed E-state index contributed by atoms with van der Waals surface area (Å²) in [6.45, 7) is 2.61. The fourth-order valence-corrected chi connectivity index (χ4v) is 1.82. The van der Waals surface area contributed by atoms with E-state index in [0.29, 0.717) is 6.54 Å². The first-order chi connectivity index (χ1) is 8.02. The highest BCUT2D eigenvalue weighted by Gasteiger charge is 2.12. The zero-order chi connectivity index (χ0) is 12.8. The van der Waals surface area contributed by atoms with Gasteiger partial charge in [0.15, 0.2) is 0 Å². The molecule has 1 N–H and O–H groups in total. The van der Waals surface area contributed by atoms with E-state index in [1.807, 2.05) is 43.1 Å². The molecule has 1 atom stereocenters. The SMILES string of the molecule is CC(c1ccccc1Cl)N(C)CC=CC(=O)O. The predicted molar refractivity (Wildman–Crippen MR) is 69.3 cm³/mol. The molecule has 0 radical (unpaired) electrons. The van der Waals surface area contributed by atoms with Gasteiger partial charge in [-0.25, -0.2) is 4.79 Å². The quantitative estimate of drug-likeness (QED) is 0.821. The number of hydrogen-bond acceptors (Lipinski definition) is 2. The molecule has 1 rings (SSSR count). The Kier molecular flexibility index (Phi) is 5.19. The monoisotopic (exact) mass is 253 g/mol. The highest BCUT2D eigenvalue weighted by Crippen LogP contribution is 2.25. The Morgan fingerprint density at radius 3 is 2.76 bits per heavy atom. The van der Waals surface area contributed by atoms with Crippen molar-refractivity contribution in [2.24, 2.45) is 0 Å². The first-order valence-corrected chi connectivity index (χ1v) is 5.74. The van der Waals surface area contributed by atoms with Crippen molar-refractivity contribution in [3.05, 3.63) is 47.0 Å². The molecule has 0 amide bonds. The van der Waals surface area contributed by atoms with E-state index in [0.717, 1.165) is 16.7 Å². The van der Waals surface area contributed by atoms with E-state index < -0.39 is 5.97 Å². The van der Waals surface area contributed by atoms with Crippen LogP contribution in [0.5, 0.6) is 0 Å². The molecular formula is C13H16ClNO2. The van der Waals surface area contributed by atoms with Crippen LogP contribution in [0.2, 0.25) is 5.02 Å². The number of carboxylic acid groups (broad SMARTS) is 1. The maximum atomic E-state index is 10.3. The van der Waals surface area contributed by atoms with E-state index in [1.165, 1.54) is 0 Å². The third-order valence-electron chi connectivity index (χ3n) is 2.67. The molecule has 1 aromatic rings. The van der Waals surface area contributed by atoms with Gasteiger partial charge in [-0.15, -0.1) is 0 Å². The van der Waals surface area contributed by atoms with Crippen molar-refractivity contribution in [1.29, 1.82) is 0 Å². The average molecular weight is 254 g/mol. The predicted octanol–water partition coefficient (Wildman–Crippen LogP) is 2.97. The summed E-state index contributed by atoms with van der Waals surface area (Å²) in [4.78, 5) is 12.4. The molecule has 92 valence electrons. The second kappa shape index (κ2) is 6.42. The lowest BCUT2D eigenvalue weighted by molar-refractivity contribution is -0.131. The summed E-state index contributed by atoms with van der Waals surface area (Å²) >= 11 is 6.11. The molecule has 0 aromatic heterocycles. The molecule has 0 fully saturated rings. The standard InChI is InChI=1S/C13H16ClNO2/c1-10(11-6-3-4-7-12(11)14)15(2)9-5-8-13(16)17/h3-8,10H,9H2,1-2H3,(H,16,17). The minimum atomic E-state index is -0.927. The molecule has 0 aliphatic heterocycles. The average Bonchev–Trinajstić information content (AvgIpc) is 2.28. The van der Waals surface area contributed by atoms with E-state index in [4.69, 9.17) is 16.7 Å². The fourth-order valence-electron chi connectivity index (χ4n) is 1.53. The van der Waals surface area contributed by atoms with Crippen LogP contribution >= 0.6 is 11.6 Å². The molecular weight excluding hydrogens is 238 g/mol. The number of aliphatic carboxylic acids is 1. The van der Waals surface area contributed by atoms with E-state index >= 15 is 0 Å². The Balaban J connectivity index is 2.67. The van der Waals surface area contributed by atoms with Crippen LogP contribution in [0, 0.1) is 0 Å². The van der Waals surface area contributed by atoms with Gasteiger partial charge in [-0.1, -0.05) is 35.9 Å². The Labute approximate surface area is 106 Å². The highest BCUT2D eigenvalue weighted by molar-refractivity contribution is 6.31. The maximum Gasteiger partial charge on any atom is 0.328 e. The smallest absolute Gasteiger partial charge is 0.328 e. The molecule has 0 aliphatic carbocycles. The zero-order valence-electron chi connectivity index (χ0n) is 9.93. The largest absolute Gasteiger partial charge is 0.478 e. The summed E-state index contributed by atoms with van der Waals surface area (Å²) in [6.07, 6.45) is 2.77. The van der Waals surface area contributed by atoms with Gasteiger partial charge in [-0.3, -0.25) is 4.90 Å². The van der Waals surface area contributed by atoms with Gasteiger partial charge in [0.1, 0.15) is 0 Å². The number of nitrogens with zero attached hydrogens (tertiary/aromatic N) is 1. The molecule has 0 saturated heterocycles. The second-order valence-electron chi connectivity index (χ2n) is 3.88. The van der Waals surface area contributed by atoms with Crippen LogP contribution < -0.4 is 0 Å². The van der Waals surface area contributed by atoms with E-state index in [-0.39, 0.29) is 6.04 Å². The highest BCUT2D eigenvalue weighted by atomic mass is 35.5. The van der Waals surface area contributed by atoms with Gasteiger partial charge < -0.3 is 5.11 Å². The Bertz CT molecular complexity index is 418. The third kappa shape index (κ3) is 4.21. The fraction of sp³-hybridized carbons (Fsp3) is 0.308. The normalized spacial score (nSPS) is 13.2. The first kappa shape index (κ1) is 13.7. The number of hydrogen-bond donors (Lipinski definition) is 1. The van der Waals surface area contributed by atoms with E-state index in [9.17, 15) is 4.79 Å². The number of carboxylic acids is 1. The lowest BCUT2D eigenvalue weighted by Crippen LogP contribution is -2.22. The van der Waals surface area contributed by atoms with Gasteiger partial charge in [-0.05, 0) is 25.6 Å². The van der Waals surface area contributed by atoms with E-state index in [2.05, 4.69) is 0 Å². The minimum Gasteiger partial charge on any atom is -0.478 e. The van der Waals surface area contributed by atoms with Gasteiger partial charge in [0.05, 0.1) is 0 Å². The van der Waals surface area contributed by atoms with Crippen molar-refractivity contribution in [2.45, 2.75) is 13.0 Å². The van der Waals surface area contributed by atoms with Crippen LogP contribution in [0.4, 0.5) is 0 Å². The molecule has 0 spiro atoms. The van der Waals surface area contributed by atoms with Crippen molar-refractivity contribution in [3.8, 4) is 0 Å². The molecule has 4 heteroatoms. The number of carbonyl (C=O) groups is 1. The maximum absolute atomic E-state index is 10.3.